The first-order chi connectivity index (χ1) is 14.6. The summed E-state index contributed by atoms with van der Waals surface area (Å²) in [5.74, 6) is 3.96. The summed E-state index contributed by atoms with van der Waals surface area (Å²) < 4.78 is 0. The van der Waals surface area contributed by atoms with Crippen LogP contribution in [-0.2, 0) is 4.79 Å². The van der Waals surface area contributed by atoms with Gasteiger partial charge in [0.2, 0.25) is 0 Å². The number of Topliss-reactive ketones (excluding diaryl/α,β-unsaturated/α-hetero) is 1. The van der Waals surface area contributed by atoms with E-state index in [4.69, 9.17) is 0 Å². The molecule has 3 nitrogen and oxygen atoms in total. The Labute approximate surface area is 190 Å². The molecule has 0 aromatic heterocycles. The number of rotatable bonds is 6. The molecule has 2 N–H and O–H groups in total. The molecule has 4 rings (SSSR count). The lowest BCUT2D eigenvalue weighted by Gasteiger charge is -2.62. The zero-order valence-corrected chi connectivity index (χ0v) is 20.4. The minimum absolute atomic E-state index is 0.196. The van der Waals surface area contributed by atoms with E-state index in [0.29, 0.717) is 53.6 Å². The molecule has 0 aromatic rings. The standard InChI is InChI=1S/C28H46O3/c1-17(2)14-19(29)7-6-18(3)22-8-9-23-21-16-26(31)25-15-20(30)10-12-28(25,5)24(21)11-13-27(22,23)4/h18,20-26,30-31H,1,6-16H2,2-5H3/t18?,20-,21?,22?,23?,24?,25+,26+,27?,28?/m1/s1. The van der Waals surface area contributed by atoms with Crippen LogP contribution in [0.5, 0.6) is 0 Å². The fraction of sp³-hybridized carbons (Fsp3) is 0.893. The Kier molecular flexibility index (Phi) is 6.51. The molecule has 10 atom stereocenters. The Balaban J connectivity index is 1.47. The summed E-state index contributed by atoms with van der Waals surface area (Å²) in [6.07, 6.45) is 10.6. The highest BCUT2D eigenvalue weighted by Crippen LogP contribution is 2.68. The number of ketones is 1. The number of aliphatic hydroxyl groups is 2. The summed E-state index contributed by atoms with van der Waals surface area (Å²) in [6.45, 7) is 13.2. The third-order valence-electron chi connectivity index (χ3n) is 10.8. The lowest BCUT2D eigenvalue weighted by Crippen LogP contribution is -2.58. The maximum atomic E-state index is 12.2. The fourth-order valence-electron chi connectivity index (χ4n) is 9.27. The normalized spacial score (nSPS) is 47.7. The zero-order chi connectivity index (χ0) is 22.6. The van der Waals surface area contributed by atoms with E-state index in [0.717, 1.165) is 37.7 Å². The first-order valence-electron chi connectivity index (χ1n) is 13.1. The van der Waals surface area contributed by atoms with Crippen LogP contribution in [0.15, 0.2) is 12.2 Å². The van der Waals surface area contributed by atoms with Crippen LogP contribution in [-0.4, -0.2) is 28.2 Å². The van der Waals surface area contributed by atoms with Crippen LogP contribution in [0.2, 0.25) is 0 Å². The first-order valence-corrected chi connectivity index (χ1v) is 13.1. The molecule has 31 heavy (non-hydrogen) atoms. The average molecular weight is 431 g/mol. The van der Waals surface area contributed by atoms with Gasteiger partial charge in [-0.15, -0.1) is 0 Å². The number of carbonyl (C=O) groups excluding carboxylic acids is 1. The number of hydrogen-bond donors (Lipinski definition) is 2. The van der Waals surface area contributed by atoms with Gasteiger partial charge in [-0.05, 0) is 111 Å². The summed E-state index contributed by atoms with van der Waals surface area (Å²) in [7, 11) is 0. The fourth-order valence-corrected chi connectivity index (χ4v) is 9.27. The highest BCUT2D eigenvalue weighted by molar-refractivity contribution is 5.80. The Hall–Kier alpha value is -0.670. The summed E-state index contributed by atoms with van der Waals surface area (Å²) in [4.78, 5) is 12.2. The van der Waals surface area contributed by atoms with Crippen LogP contribution >= 0.6 is 0 Å². The zero-order valence-electron chi connectivity index (χ0n) is 20.4. The third kappa shape index (κ3) is 4.07. The molecule has 176 valence electrons. The van der Waals surface area contributed by atoms with E-state index in [2.05, 4.69) is 27.4 Å². The molecule has 0 amide bonds. The van der Waals surface area contributed by atoms with Gasteiger partial charge in [0.15, 0.2) is 0 Å². The van der Waals surface area contributed by atoms with E-state index in [1.807, 2.05) is 6.92 Å². The maximum Gasteiger partial charge on any atom is 0.136 e. The lowest BCUT2D eigenvalue weighted by molar-refractivity contribution is -0.172. The molecule has 0 spiro atoms. The molecule has 7 unspecified atom stereocenters. The van der Waals surface area contributed by atoms with Crippen molar-refractivity contribution < 1.29 is 15.0 Å². The SMILES string of the molecule is C=C(C)CC(=O)CCC(C)C1CCC2C3C[C@H](O)[C@@H]4C[C@H](O)CCC4(C)C3CCC12C. The van der Waals surface area contributed by atoms with Crippen LogP contribution in [0.4, 0.5) is 0 Å². The molecule has 4 saturated carbocycles. The largest absolute Gasteiger partial charge is 0.393 e. The monoisotopic (exact) mass is 430 g/mol. The molecule has 0 saturated heterocycles. The van der Waals surface area contributed by atoms with Crippen LogP contribution in [0, 0.1) is 46.3 Å². The van der Waals surface area contributed by atoms with Gasteiger partial charge in [0.05, 0.1) is 12.2 Å². The highest BCUT2D eigenvalue weighted by atomic mass is 16.3. The van der Waals surface area contributed by atoms with Crippen molar-refractivity contribution in [2.24, 2.45) is 46.3 Å². The first kappa shape index (κ1) is 23.5. The van der Waals surface area contributed by atoms with Gasteiger partial charge in [-0.2, -0.15) is 0 Å². The van der Waals surface area contributed by atoms with Crippen LogP contribution in [0.25, 0.3) is 0 Å². The van der Waals surface area contributed by atoms with Crippen molar-refractivity contribution in [3.8, 4) is 0 Å². The van der Waals surface area contributed by atoms with Crippen molar-refractivity contribution in [2.45, 2.75) is 111 Å². The maximum absolute atomic E-state index is 12.2. The predicted octanol–water partition coefficient (Wildman–Crippen LogP) is 5.93. The van der Waals surface area contributed by atoms with Gasteiger partial charge < -0.3 is 10.2 Å². The van der Waals surface area contributed by atoms with E-state index in [1.165, 1.54) is 25.7 Å². The molecule has 4 aliphatic rings. The van der Waals surface area contributed by atoms with Crippen molar-refractivity contribution in [2.75, 3.05) is 0 Å². The van der Waals surface area contributed by atoms with Gasteiger partial charge in [-0.1, -0.05) is 32.9 Å². The van der Waals surface area contributed by atoms with Gasteiger partial charge >= 0.3 is 0 Å². The Morgan fingerprint density at radius 1 is 1.00 bits per heavy atom. The van der Waals surface area contributed by atoms with Gasteiger partial charge in [-0.25, -0.2) is 0 Å². The molecule has 0 bridgehead atoms. The van der Waals surface area contributed by atoms with Gasteiger partial charge in [0.1, 0.15) is 5.78 Å². The molecule has 0 heterocycles. The number of allylic oxidation sites excluding steroid dienone is 1. The molecule has 0 aromatic carbocycles. The van der Waals surface area contributed by atoms with Crippen LogP contribution in [0.3, 0.4) is 0 Å². The molecular formula is C28H46O3. The Bertz CT molecular complexity index is 700. The molecule has 4 aliphatic carbocycles. The van der Waals surface area contributed by atoms with E-state index >= 15 is 0 Å². The molecule has 3 heteroatoms. The van der Waals surface area contributed by atoms with Crippen molar-refractivity contribution in [3.63, 3.8) is 0 Å². The molecular weight excluding hydrogens is 384 g/mol. The molecule has 0 radical (unpaired) electrons. The van der Waals surface area contributed by atoms with Crippen molar-refractivity contribution in [1.29, 1.82) is 0 Å². The van der Waals surface area contributed by atoms with Crippen molar-refractivity contribution >= 4 is 5.78 Å². The smallest absolute Gasteiger partial charge is 0.136 e. The van der Waals surface area contributed by atoms with Crippen LogP contribution < -0.4 is 0 Å². The summed E-state index contributed by atoms with van der Waals surface area (Å²) in [5, 5.41) is 21.4. The van der Waals surface area contributed by atoms with Gasteiger partial charge in [0, 0.05) is 12.8 Å². The number of hydrogen-bond acceptors (Lipinski definition) is 3. The summed E-state index contributed by atoms with van der Waals surface area (Å²) in [5.41, 5.74) is 1.53. The van der Waals surface area contributed by atoms with Crippen molar-refractivity contribution in [3.05, 3.63) is 12.2 Å². The highest BCUT2D eigenvalue weighted by Gasteiger charge is 2.62. The number of fused-ring (bicyclic) bond motifs is 5. The summed E-state index contributed by atoms with van der Waals surface area (Å²) >= 11 is 0. The van der Waals surface area contributed by atoms with E-state index in [-0.39, 0.29) is 23.5 Å². The van der Waals surface area contributed by atoms with Crippen molar-refractivity contribution in [1.82, 2.24) is 0 Å². The van der Waals surface area contributed by atoms with Crippen LogP contribution in [0.1, 0.15) is 98.3 Å². The predicted molar refractivity (Wildman–Crippen MR) is 125 cm³/mol. The van der Waals surface area contributed by atoms with E-state index in [9.17, 15) is 15.0 Å². The summed E-state index contributed by atoms with van der Waals surface area (Å²) in [6, 6.07) is 0. The second-order valence-electron chi connectivity index (χ2n) is 12.6. The molecule has 0 aliphatic heterocycles. The second kappa shape index (κ2) is 8.60. The molecule has 4 fully saturated rings. The quantitative estimate of drug-likeness (QED) is 0.514. The number of carbonyl (C=O) groups is 1. The second-order valence-corrected chi connectivity index (χ2v) is 12.6. The minimum atomic E-state index is -0.250. The third-order valence-corrected chi connectivity index (χ3v) is 10.8. The average Bonchev–Trinajstić information content (AvgIpc) is 3.04. The lowest BCUT2D eigenvalue weighted by atomic mass is 9.44. The minimum Gasteiger partial charge on any atom is -0.393 e. The topological polar surface area (TPSA) is 57.5 Å². The Morgan fingerprint density at radius 3 is 2.39 bits per heavy atom. The Morgan fingerprint density at radius 2 is 1.68 bits per heavy atom. The number of aliphatic hydroxyl groups excluding tert-OH is 2. The van der Waals surface area contributed by atoms with Gasteiger partial charge in [-0.3, -0.25) is 4.79 Å². The van der Waals surface area contributed by atoms with E-state index < -0.39 is 0 Å². The van der Waals surface area contributed by atoms with Gasteiger partial charge in [0.25, 0.3) is 0 Å². The van der Waals surface area contributed by atoms with E-state index in [1.54, 1.807) is 0 Å².